The molecule has 0 saturated heterocycles. The van der Waals surface area contributed by atoms with Crippen LogP contribution < -0.4 is 6.54 Å². The molecule has 266 valence electrons. The number of benzene rings is 4. The van der Waals surface area contributed by atoms with Crippen LogP contribution in [0.3, 0.4) is 0 Å². The molecule has 1 atom stereocenters. The third kappa shape index (κ3) is 4.84. The zero-order valence-electron chi connectivity index (χ0n) is 32.6. The molecule has 0 amide bonds. The second kappa shape index (κ2) is 11.6. The summed E-state index contributed by atoms with van der Waals surface area (Å²) >= 11 is 8.85. The Morgan fingerprint density at radius 3 is 1.87 bits per heavy atom. The van der Waals surface area contributed by atoms with Gasteiger partial charge in [-0.15, -0.1) is 0 Å². The zero-order valence-corrected chi connectivity index (χ0v) is 36.6. The molecule has 4 aromatic carbocycles. The second-order valence-electron chi connectivity index (χ2n) is 18.4. The van der Waals surface area contributed by atoms with Crippen LogP contribution in [0.4, 0.5) is 0 Å². The van der Waals surface area contributed by atoms with Crippen molar-refractivity contribution in [1.82, 2.24) is 0 Å². The van der Waals surface area contributed by atoms with Gasteiger partial charge in [-0.05, 0) is 0 Å². The van der Waals surface area contributed by atoms with Crippen molar-refractivity contribution in [3.8, 4) is 11.1 Å². The summed E-state index contributed by atoms with van der Waals surface area (Å²) in [5.41, 5.74) is 15.2. The number of allylic oxidation sites excluding steroid dienone is 8. The first-order valence-electron chi connectivity index (χ1n) is 19.1. The van der Waals surface area contributed by atoms with Crippen LogP contribution in [-0.2, 0) is 35.5 Å². The van der Waals surface area contributed by atoms with E-state index in [9.17, 15) is 0 Å². The van der Waals surface area contributed by atoms with Gasteiger partial charge in [0, 0.05) is 0 Å². The quantitative estimate of drug-likeness (QED) is 0.166. The standard InChI is InChI=1S/C25H25.C11H17.2C6H4Cl.CH2.Zr/c1-14-12-24(3,4)22-8-16-7-17-9-23-19(15(2)13-25(23,5)6)11-21(17)20(16)10-18(14)22;1-5-9-6-7-10(8-9)11(2,3)4;2*7-6-4-2-1-3-5-6;;/h8-12H,7H2,1-6H3;7-9H,5H2,1-4H3;2*1-2,4-5H;1H2;. The fourth-order valence-corrected chi connectivity index (χ4v) is 31.1. The fourth-order valence-electron chi connectivity index (χ4n) is 11.1. The van der Waals surface area contributed by atoms with Gasteiger partial charge < -0.3 is 0 Å². The van der Waals surface area contributed by atoms with Crippen molar-refractivity contribution in [3.63, 3.8) is 0 Å². The van der Waals surface area contributed by atoms with E-state index in [1.165, 1.54) is 74.3 Å². The molecule has 52 heavy (non-hydrogen) atoms. The molecule has 1 unspecified atom stereocenters. The molecule has 3 heteroatoms. The van der Waals surface area contributed by atoms with E-state index in [2.05, 4.69) is 148 Å². The van der Waals surface area contributed by atoms with Gasteiger partial charge in [-0.3, -0.25) is 0 Å². The Morgan fingerprint density at radius 1 is 0.769 bits per heavy atom. The molecule has 0 N–H and O–H groups in total. The van der Waals surface area contributed by atoms with Gasteiger partial charge >= 0.3 is 325 Å². The van der Waals surface area contributed by atoms with Crippen molar-refractivity contribution in [2.45, 2.75) is 92.9 Å². The van der Waals surface area contributed by atoms with E-state index in [1.54, 1.807) is 0 Å². The van der Waals surface area contributed by atoms with Gasteiger partial charge in [0.15, 0.2) is 0 Å². The molecular weight excluding hydrogens is 751 g/mol. The Morgan fingerprint density at radius 2 is 1.33 bits per heavy atom. The number of halogens is 2. The summed E-state index contributed by atoms with van der Waals surface area (Å²) in [7, 11) is 0. The molecule has 0 fully saturated rings. The van der Waals surface area contributed by atoms with E-state index >= 15 is 0 Å². The molecule has 4 aliphatic carbocycles. The first kappa shape index (κ1) is 36.2. The van der Waals surface area contributed by atoms with Gasteiger partial charge in [0.25, 0.3) is 0 Å². The Labute approximate surface area is 323 Å². The van der Waals surface area contributed by atoms with E-state index in [4.69, 9.17) is 27.4 Å². The average molecular weight is 803 g/mol. The van der Waals surface area contributed by atoms with Gasteiger partial charge in [0.05, 0.1) is 0 Å². The number of rotatable bonds is 5. The molecule has 4 aromatic rings. The van der Waals surface area contributed by atoms with Crippen LogP contribution in [0.1, 0.15) is 109 Å². The van der Waals surface area contributed by atoms with Crippen molar-refractivity contribution in [2.24, 2.45) is 11.3 Å². The first-order valence-corrected chi connectivity index (χ1v) is 26.5. The van der Waals surface area contributed by atoms with Crippen LogP contribution in [0.5, 0.6) is 0 Å². The summed E-state index contributed by atoms with van der Waals surface area (Å²) in [6.07, 6.45) is 9.53. The Kier molecular flexibility index (Phi) is 8.06. The van der Waals surface area contributed by atoms with Gasteiger partial charge in [-0.1, -0.05) is 0 Å². The minimum atomic E-state index is -5.20. The SMILES string of the molecule is [CH2]=[Zr]([C]1=CC(C(C)(C)C)=CC1CC)([C]1=C(C)c2cc3c(cc2C1(C)C)Cc1cc2c(cc1-3)C(C)=CC2(C)C)([c]1cccc(Cl)c1)[c]1cccc(Cl)c1. The molecule has 0 radical (unpaired) electrons. The van der Waals surface area contributed by atoms with E-state index in [0.29, 0.717) is 0 Å². The van der Waals surface area contributed by atoms with Crippen molar-refractivity contribution >= 4 is 45.1 Å². The number of fused-ring (bicyclic) bond motifs is 5. The summed E-state index contributed by atoms with van der Waals surface area (Å²) in [4.78, 5) is 0. The van der Waals surface area contributed by atoms with E-state index in [1.807, 2.05) is 12.1 Å². The van der Waals surface area contributed by atoms with Gasteiger partial charge in [0.2, 0.25) is 0 Å². The molecule has 8 rings (SSSR count). The van der Waals surface area contributed by atoms with Crippen LogP contribution in [0, 0.1) is 11.3 Å². The fraction of sp³-hybridized carbons (Fsp3) is 0.327. The van der Waals surface area contributed by atoms with Crippen LogP contribution in [0.15, 0.2) is 103 Å². The number of hydrogen-bond acceptors (Lipinski definition) is 0. The summed E-state index contributed by atoms with van der Waals surface area (Å²) in [5, 5.41) is 1.50. The van der Waals surface area contributed by atoms with Gasteiger partial charge in [0.1, 0.15) is 0 Å². The topological polar surface area (TPSA) is 0 Å². The summed E-state index contributed by atoms with van der Waals surface area (Å²) in [5.74, 6) is 0.259. The third-order valence-electron chi connectivity index (χ3n) is 13.4. The molecule has 0 nitrogen and oxygen atoms in total. The molecule has 0 saturated carbocycles. The molecule has 0 aromatic heterocycles. The Balaban J connectivity index is 1.47. The summed E-state index contributed by atoms with van der Waals surface area (Å²) in [6, 6.07) is 27.6. The van der Waals surface area contributed by atoms with Crippen LogP contribution >= 0.6 is 23.2 Å². The zero-order chi connectivity index (χ0) is 37.4. The Bertz CT molecular complexity index is 2400. The third-order valence-corrected chi connectivity index (χ3v) is 31.3. The van der Waals surface area contributed by atoms with E-state index in [-0.39, 0.29) is 22.2 Å². The van der Waals surface area contributed by atoms with Crippen molar-refractivity contribution < 1.29 is 18.3 Å². The van der Waals surface area contributed by atoms with Gasteiger partial charge in [-0.2, -0.15) is 0 Å². The predicted octanol–water partition coefficient (Wildman–Crippen LogP) is 13.0. The van der Waals surface area contributed by atoms with Gasteiger partial charge in [-0.25, -0.2) is 0 Å². The van der Waals surface area contributed by atoms with Crippen molar-refractivity contribution in [1.29, 1.82) is 0 Å². The van der Waals surface area contributed by atoms with Crippen molar-refractivity contribution in [2.75, 3.05) is 0 Å². The molecule has 0 aliphatic heterocycles. The second-order valence-corrected chi connectivity index (χ2v) is 31.9. The molecule has 0 bridgehead atoms. The van der Waals surface area contributed by atoms with E-state index in [0.717, 1.165) is 22.9 Å². The predicted molar refractivity (Wildman–Crippen MR) is 226 cm³/mol. The molecule has 0 heterocycles. The average Bonchev–Trinajstić information content (AvgIpc) is 3.78. The van der Waals surface area contributed by atoms with Crippen LogP contribution in [0.2, 0.25) is 10.0 Å². The Hall–Kier alpha value is -2.83. The summed E-state index contributed by atoms with van der Waals surface area (Å²) < 4.78 is 11.4. The van der Waals surface area contributed by atoms with E-state index < -0.39 is 18.3 Å². The first-order chi connectivity index (χ1) is 24.3. The normalized spacial score (nSPS) is 19.9. The summed E-state index contributed by atoms with van der Waals surface area (Å²) in [6.45, 7) is 23.6. The van der Waals surface area contributed by atoms with Crippen LogP contribution in [-0.4, -0.2) is 4.21 Å². The monoisotopic (exact) mass is 800 g/mol. The molecule has 4 aliphatic rings. The number of hydrogen-bond donors (Lipinski definition) is 0. The minimum absolute atomic E-state index is 0.000459. The van der Waals surface area contributed by atoms with Crippen molar-refractivity contribution in [3.05, 3.63) is 147 Å². The maximum absolute atomic E-state index is 7.02. The maximum atomic E-state index is 7.02. The molecule has 0 spiro atoms. The van der Waals surface area contributed by atoms with Crippen LogP contribution in [0.25, 0.3) is 22.3 Å². The molecular formula is C49H52Cl2Zr.